The fourth-order valence-electron chi connectivity index (χ4n) is 1.44. The minimum absolute atomic E-state index is 0.237. The first-order valence-corrected chi connectivity index (χ1v) is 5.83. The average Bonchev–Trinajstić information content (AvgIpc) is 2.79. The second kappa shape index (κ2) is 4.75. The van der Waals surface area contributed by atoms with E-state index in [0.717, 1.165) is 11.3 Å². The zero-order valence-electron chi connectivity index (χ0n) is 8.74. The van der Waals surface area contributed by atoms with E-state index in [-0.39, 0.29) is 4.88 Å². The smallest absolute Gasteiger partial charge is 0.166 e. The normalized spacial score (nSPS) is 12.8. The summed E-state index contributed by atoms with van der Waals surface area (Å²) in [7, 11) is 0. The van der Waals surface area contributed by atoms with Crippen molar-refractivity contribution in [3.63, 3.8) is 0 Å². The van der Waals surface area contributed by atoms with Gasteiger partial charge in [0.2, 0.25) is 0 Å². The van der Waals surface area contributed by atoms with Crippen molar-refractivity contribution in [3.05, 3.63) is 58.3 Å². The molecule has 4 heteroatoms. The molecular formula is C13H9F3S. The van der Waals surface area contributed by atoms with Gasteiger partial charge in [0.25, 0.3) is 0 Å². The molecule has 2 rings (SSSR count). The third-order valence-corrected chi connectivity index (χ3v) is 3.11. The number of alkyl halides is 3. The van der Waals surface area contributed by atoms with Gasteiger partial charge in [-0.3, -0.25) is 0 Å². The highest BCUT2D eigenvalue weighted by Gasteiger charge is 2.35. The van der Waals surface area contributed by atoms with Gasteiger partial charge in [0.05, 0.1) is 5.57 Å². The fraction of sp³-hybridized carbons (Fsp3) is 0.0769. The Bertz CT molecular complexity index is 495. The summed E-state index contributed by atoms with van der Waals surface area (Å²) >= 11 is 1.09. The third kappa shape index (κ3) is 2.97. The van der Waals surface area contributed by atoms with E-state index in [4.69, 9.17) is 0 Å². The minimum Gasteiger partial charge on any atom is -0.166 e. The summed E-state index contributed by atoms with van der Waals surface area (Å²) in [5.74, 6) is 0. The largest absolute Gasteiger partial charge is 0.417 e. The molecule has 0 atom stereocenters. The zero-order chi connectivity index (χ0) is 12.3. The van der Waals surface area contributed by atoms with Crippen LogP contribution in [-0.2, 0) is 0 Å². The summed E-state index contributed by atoms with van der Waals surface area (Å²) in [4.78, 5) is 0.237. The van der Waals surface area contributed by atoms with Crippen LogP contribution in [0.15, 0.2) is 47.8 Å². The Morgan fingerprint density at radius 3 is 2.24 bits per heavy atom. The summed E-state index contributed by atoms with van der Waals surface area (Å²) in [5.41, 5.74) is -0.0491. The molecule has 0 spiro atoms. The van der Waals surface area contributed by atoms with Crippen LogP contribution in [0.3, 0.4) is 0 Å². The van der Waals surface area contributed by atoms with E-state index < -0.39 is 11.7 Å². The average molecular weight is 254 g/mol. The molecule has 0 N–H and O–H groups in total. The van der Waals surface area contributed by atoms with Crippen LogP contribution in [0.2, 0.25) is 0 Å². The summed E-state index contributed by atoms with van der Waals surface area (Å²) in [6, 6.07) is 11.6. The maximum atomic E-state index is 12.9. The van der Waals surface area contributed by atoms with Gasteiger partial charge in [0, 0.05) is 4.88 Å². The van der Waals surface area contributed by atoms with E-state index in [0.29, 0.717) is 5.56 Å². The van der Waals surface area contributed by atoms with Crippen LogP contribution in [-0.4, -0.2) is 6.18 Å². The van der Waals surface area contributed by atoms with Gasteiger partial charge in [-0.25, -0.2) is 0 Å². The summed E-state index contributed by atoms with van der Waals surface area (Å²) < 4.78 is 38.7. The Morgan fingerprint density at radius 2 is 1.71 bits per heavy atom. The predicted molar refractivity (Wildman–Crippen MR) is 64.7 cm³/mol. The molecule has 0 amide bonds. The summed E-state index contributed by atoms with van der Waals surface area (Å²) in [5, 5.41) is 1.64. The van der Waals surface area contributed by atoms with Crippen LogP contribution in [0, 0.1) is 0 Å². The first-order chi connectivity index (χ1) is 8.07. The van der Waals surface area contributed by atoms with Crippen molar-refractivity contribution in [2.75, 3.05) is 0 Å². The molecule has 2 aromatic rings. The fourth-order valence-corrected chi connectivity index (χ4v) is 2.20. The molecule has 0 aliphatic carbocycles. The molecule has 0 aliphatic heterocycles. The molecular weight excluding hydrogens is 245 g/mol. The van der Waals surface area contributed by atoms with Gasteiger partial charge in [-0.1, -0.05) is 36.4 Å². The van der Waals surface area contributed by atoms with E-state index in [1.807, 2.05) is 0 Å². The molecule has 1 aromatic heterocycles. The molecule has 1 aromatic carbocycles. The molecule has 0 nitrogen and oxygen atoms in total. The second-order valence-corrected chi connectivity index (χ2v) is 4.39. The SMILES string of the molecule is FC(F)(F)/C(=C/c1ccccc1)c1cccs1. The zero-order valence-corrected chi connectivity index (χ0v) is 9.55. The van der Waals surface area contributed by atoms with Crippen LogP contribution in [0.4, 0.5) is 13.2 Å². The van der Waals surface area contributed by atoms with Gasteiger partial charge in [-0.05, 0) is 23.1 Å². The van der Waals surface area contributed by atoms with Crippen molar-refractivity contribution in [1.29, 1.82) is 0 Å². The second-order valence-electron chi connectivity index (χ2n) is 3.44. The van der Waals surface area contributed by atoms with E-state index in [2.05, 4.69) is 0 Å². The lowest BCUT2D eigenvalue weighted by atomic mass is 10.1. The molecule has 0 unspecified atom stereocenters. The van der Waals surface area contributed by atoms with E-state index in [1.54, 1.807) is 41.8 Å². The molecule has 88 valence electrons. The lowest BCUT2D eigenvalue weighted by Gasteiger charge is -2.10. The van der Waals surface area contributed by atoms with Crippen molar-refractivity contribution in [2.24, 2.45) is 0 Å². The van der Waals surface area contributed by atoms with Gasteiger partial charge in [0.1, 0.15) is 0 Å². The highest BCUT2D eigenvalue weighted by molar-refractivity contribution is 7.11. The van der Waals surface area contributed by atoms with Crippen LogP contribution >= 0.6 is 11.3 Å². The Morgan fingerprint density at radius 1 is 1.00 bits per heavy atom. The van der Waals surface area contributed by atoms with Gasteiger partial charge in [0.15, 0.2) is 0 Å². The maximum Gasteiger partial charge on any atom is 0.417 e. The highest BCUT2D eigenvalue weighted by Crippen LogP contribution is 2.37. The monoisotopic (exact) mass is 254 g/mol. The van der Waals surface area contributed by atoms with Crippen LogP contribution < -0.4 is 0 Å². The van der Waals surface area contributed by atoms with Crippen LogP contribution in [0.25, 0.3) is 11.6 Å². The molecule has 0 saturated carbocycles. The van der Waals surface area contributed by atoms with Crippen LogP contribution in [0.1, 0.15) is 10.4 Å². The number of allylic oxidation sites excluding steroid dienone is 1. The minimum atomic E-state index is -4.33. The molecule has 17 heavy (non-hydrogen) atoms. The summed E-state index contributed by atoms with van der Waals surface area (Å²) in [6.07, 6.45) is -3.16. The van der Waals surface area contributed by atoms with E-state index in [1.165, 1.54) is 12.1 Å². The Hall–Kier alpha value is -1.55. The number of benzene rings is 1. The molecule has 0 bridgehead atoms. The number of halogens is 3. The lowest BCUT2D eigenvalue weighted by molar-refractivity contribution is -0.0681. The van der Waals surface area contributed by atoms with E-state index >= 15 is 0 Å². The van der Waals surface area contributed by atoms with Gasteiger partial charge in [-0.2, -0.15) is 13.2 Å². The Labute approximate surface area is 101 Å². The van der Waals surface area contributed by atoms with Crippen molar-refractivity contribution >= 4 is 23.0 Å². The van der Waals surface area contributed by atoms with E-state index in [9.17, 15) is 13.2 Å². The summed E-state index contributed by atoms with van der Waals surface area (Å²) in [6.45, 7) is 0. The molecule has 1 heterocycles. The van der Waals surface area contributed by atoms with Gasteiger partial charge in [-0.15, -0.1) is 11.3 Å². The molecule has 0 saturated heterocycles. The lowest BCUT2D eigenvalue weighted by Crippen LogP contribution is -2.09. The first kappa shape index (κ1) is 11.9. The van der Waals surface area contributed by atoms with Gasteiger partial charge < -0.3 is 0 Å². The number of hydrogen-bond acceptors (Lipinski definition) is 1. The topological polar surface area (TPSA) is 0 Å². The third-order valence-electron chi connectivity index (χ3n) is 2.20. The Kier molecular flexibility index (Phi) is 3.33. The quantitative estimate of drug-likeness (QED) is 0.718. The molecule has 0 fully saturated rings. The molecule has 0 radical (unpaired) electrons. The van der Waals surface area contributed by atoms with Crippen molar-refractivity contribution in [2.45, 2.75) is 6.18 Å². The Balaban J connectivity index is 2.46. The predicted octanol–water partition coefficient (Wildman–Crippen LogP) is 4.85. The van der Waals surface area contributed by atoms with Crippen molar-refractivity contribution < 1.29 is 13.2 Å². The van der Waals surface area contributed by atoms with Crippen molar-refractivity contribution in [1.82, 2.24) is 0 Å². The number of rotatable bonds is 2. The van der Waals surface area contributed by atoms with Crippen LogP contribution in [0.5, 0.6) is 0 Å². The standard InChI is InChI=1S/C13H9F3S/c14-13(15,16)11(12-7-4-8-17-12)9-10-5-2-1-3-6-10/h1-9H/b11-9+. The number of hydrogen-bond donors (Lipinski definition) is 0. The highest BCUT2D eigenvalue weighted by atomic mass is 32.1. The molecule has 0 aliphatic rings. The van der Waals surface area contributed by atoms with Crippen molar-refractivity contribution in [3.8, 4) is 0 Å². The van der Waals surface area contributed by atoms with Gasteiger partial charge >= 0.3 is 6.18 Å². The first-order valence-electron chi connectivity index (χ1n) is 4.95. The maximum absolute atomic E-state index is 12.9. The number of thiophene rings is 1.